The minimum atomic E-state index is -0.344. The Kier molecular flexibility index (Phi) is 2.85. The van der Waals surface area contributed by atoms with Crippen molar-refractivity contribution in [3.05, 3.63) is 17.1 Å². The first kappa shape index (κ1) is 10.2. The summed E-state index contributed by atoms with van der Waals surface area (Å²) in [6, 6.07) is 0. The Morgan fingerprint density at radius 2 is 2.36 bits per heavy atom. The first-order valence-electron chi connectivity index (χ1n) is 3.93. The van der Waals surface area contributed by atoms with E-state index in [1.54, 1.807) is 6.92 Å². The highest BCUT2D eigenvalue weighted by atomic mass is 16.5. The summed E-state index contributed by atoms with van der Waals surface area (Å²) in [6.07, 6.45) is 1.34. The van der Waals surface area contributed by atoms with Gasteiger partial charge in [0.2, 0.25) is 5.91 Å². The molecule has 0 aliphatic heterocycles. The molecule has 0 fully saturated rings. The van der Waals surface area contributed by atoms with E-state index in [0.29, 0.717) is 15.8 Å². The van der Waals surface area contributed by atoms with Crippen LogP contribution in [0, 0.1) is 6.92 Å². The van der Waals surface area contributed by atoms with Crippen molar-refractivity contribution >= 4 is 5.91 Å². The third kappa shape index (κ3) is 2.09. The quantitative estimate of drug-likeness (QED) is 0.637. The van der Waals surface area contributed by atoms with E-state index < -0.39 is 0 Å². The number of methoxy groups -OCH3 is 1. The second-order valence-electron chi connectivity index (χ2n) is 2.72. The molecule has 0 bridgehead atoms. The number of carbonyl (C=O) groups excluding carboxylic acids is 1. The van der Waals surface area contributed by atoms with Gasteiger partial charge in [-0.05, 0) is 6.92 Å². The highest BCUT2D eigenvalue weighted by Gasteiger charge is 2.04. The number of hydrogen-bond acceptors (Lipinski definition) is 4. The maximum absolute atomic E-state index is 10.8. The molecule has 0 aliphatic carbocycles. The normalized spacial score (nSPS) is 11.5. The SMILES string of the molecule is COc1nn(O)cc(C)c1=NC(C)=O. The van der Waals surface area contributed by atoms with Gasteiger partial charge in [-0.1, -0.05) is 5.10 Å². The van der Waals surface area contributed by atoms with Crippen LogP contribution in [0.5, 0.6) is 5.88 Å². The van der Waals surface area contributed by atoms with Crippen molar-refractivity contribution in [3.8, 4) is 5.88 Å². The summed E-state index contributed by atoms with van der Waals surface area (Å²) in [5.41, 5.74) is 0.606. The van der Waals surface area contributed by atoms with Gasteiger partial charge in [-0.15, -0.1) is 4.85 Å². The molecule has 6 nitrogen and oxygen atoms in total. The number of carbonyl (C=O) groups is 1. The number of aryl methyl sites for hydroxylation is 1. The third-order valence-corrected chi connectivity index (χ3v) is 1.54. The van der Waals surface area contributed by atoms with E-state index in [1.807, 2.05) is 0 Å². The maximum Gasteiger partial charge on any atom is 0.261 e. The Morgan fingerprint density at radius 1 is 1.71 bits per heavy atom. The number of hydrogen-bond donors (Lipinski definition) is 1. The molecule has 1 amide bonds. The second-order valence-corrected chi connectivity index (χ2v) is 2.72. The molecule has 14 heavy (non-hydrogen) atoms. The topological polar surface area (TPSA) is 76.7 Å². The molecule has 1 N–H and O–H groups in total. The van der Waals surface area contributed by atoms with Crippen LogP contribution in [0.3, 0.4) is 0 Å². The van der Waals surface area contributed by atoms with E-state index in [2.05, 4.69) is 10.1 Å². The molecule has 6 heteroatoms. The first-order chi connectivity index (χ1) is 6.54. The van der Waals surface area contributed by atoms with Gasteiger partial charge in [-0.3, -0.25) is 4.79 Å². The zero-order chi connectivity index (χ0) is 10.7. The summed E-state index contributed by atoms with van der Waals surface area (Å²) in [4.78, 5) is 15.1. The Labute approximate surface area is 80.4 Å². The van der Waals surface area contributed by atoms with E-state index in [-0.39, 0.29) is 11.8 Å². The fraction of sp³-hybridized carbons (Fsp3) is 0.375. The van der Waals surface area contributed by atoms with Crippen molar-refractivity contribution in [2.75, 3.05) is 7.11 Å². The molecule has 1 rings (SSSR count). The fourth-order valence-electron chi connectivity index (χ4n) is 1.00. The van der Waals surface area contributed by atoms with Crippen LogP contribution in [0.1, 0.15) is 12.5 Å². The highest BCUT2D eigenvalue weighted by molar-refractivity contribution is 5.74. The van der Waals surface area contributed by atoms with E-state index in [4.69, 9.17) is 9.94 Å². The minimum Gasteiger partial charge on any atom is -0.478 e. The van der Waals surface area contributed by atoms with Gasteiger partial charge in [0.1, 0.15) is 5.36 Å². The summed E-state index contributed by atoms with van der Waals surface area (Å²) in [6.45, 7) is 3.03. The van der Waals surface area contributed by atoms with Crippen LogP contribution in [-0.2, 0) is 4.79 Å². The van der Waals surface area contributed by atoms with E-state index in [0.717, 1.165) is 0 Å². The van der Waals surface area contributed by atoms with Crippen LogP contribution in [0.25, 0.3) is 0 Å². The molecule has 0 aromatic carbocycles. The van der Waals surface area contributed by atoms with Gasteiger partial charge in [0.15, 0.2) is 0 Å². The minimum absolute atomic E-state index is 0.114. The molecule has 1 aromatic rings. The van der Waals surface area contributed by atoms with E-state index in [9.17, 15) is 4.79 Å². The largest absolute Gasteiger partial charge is 0.478 e. The molecule has 0 spiro atoms. The monoisotopic (exact) mass is 197 g/mol. The van der Waals surface area contributed by atoms with Crippen molar-refractivity contribution in [3.63, 3.8) is 0 Å². The average Bonchev–Trinajstić information content (AvgIpc) is 2.08. The molecule has 0 atom stereocenters. The number of nitrogens with zero attached hydrogens (tertiary/aromatic N) is 3. The lowest BCUT2D eigenvalue weighted by atomic mass is 10.3. The molecule has 1 aromatic heterocycles. The van der Waals surface area contributed by atoms with Crippen molar-refractivity contribution in [1.29, 1.82) is 0 Å². The predicted octanol–water partition coefficient (Wildman–Crippen LogP) is -0.115. The van der Waals surface area contributed by atoms with Gasteiger partial charge < -0.3 is 9.94 Å². The molecule has 0 unspecified atom stereocenters. The standard InChI is InChI=1S/C8H11N3O3/c1-5-4-11(13)10-8(14-3)7(5)9-6(2)12/h4,13H,1-3H3. The van der Waals surface area contributed by atoms with Gasteiger partial charge in [-0.2, -0.15) is 0 Å². The molecule has 0 aliphatic rings. The van der Waals surface area contributed by atoms with Crippen molar-refractivity contribution in [2.24, 2.45) is 4.99 Å². The summed E-state index contributed by atoms with van der Waals surface area (Å²) in [5, 5.41) is 13.0. The van der Waals surface area contributed by atoms with Crippen LogP contribution >= 0.6 is 0 Å². The van der Waals surface area contributed by atoms with Gasteiger partial charge in [0.25, 0.3) is 5.88 Å². The molecule has 0 saturated heterocycles. The summed E-state index contributed by atoms with van der Waals surface area (Å²) < 4.78 is 4.87. The fourth-order valence-corrected chi connectivity index (χ4v) is 1.00. The maximum atomic E-state index is 10.8. The highest BCUT2D eigenvalue weighted by Crippen LogP contribution is 1.98. The molecule has 76 valence electrons. The number of aromatic nitrogens is 2. The Balaban J connectivity index is 3.48. The third-order valence-electron chi connectivity index (χ3n) is 1.54. The second kappa shape index (κ2) is 3.91. The Bertz CT molecular complexity index is 422. The zero-order valence-corrected chi connectivity index (χ0v) is 8.18. The summed E-state index contributed by atoms with van der Waals surface area (Å²) in [7, 11) is 1.39. The van der Waals surface area contributed by atoms with Gasteiger partial charge in [-0.25, -0.2) is 4.99 Å². The molecule has 0 saturated carbocycles. The summed E-state index contributed by atoms with van der Waals surface area (Å²) >= 11 is 0. The zero-order valence-electron chi connectivity index (χ0n) is 8.18. The van der Waals surface area contributed by atoms with Gasteiger partial charge >= 0.3 is 0 Å². The number of amides is 1. The van der Waals surface area contributed by atoms with Crippen LogP contribution < -0.4 is 10.1 Å². The van der Waals surface area contributed by atoms with Gasteiger partial charge in [0.05, 0.1) is 13.3 Å². The molecular weight excluding hydrogens is 186 g/mol. The van der Waals surface area contributed by atoms with Crippen LogP contribution in [0.2, 0.25) is 0 Å². The van der Waals surface area contributed by atoms with Crippen LogP contribution in [0.15, 0.2) is 11.2 Å². The lowest BCUT2D eigenvalue weighted by Crippen LogP contribution is -2.18. The van der Waals surface area contributed by atoms with Crippen molar-refractivity contribution in [1.82, 2.24) is 9.94 Å². The van der Waals surface area contributed by atoms with Crippen molar-refractivity contribution in [2.45, 2.75) is 13.8 Å². The molecule has 1 heterocycles. The number of ether oxygens (including phenoxy) is 1. The van der Waals surface area contributed by atoms with Gasteiger partial charge in [0, 0.05) is 12.5 Å². The summed E-state index contributed by atoms with van der Waals surface area (Å²) in [5.74, 6) is -0.230. The van der Waals surface area contributed by atoms with Crippen molar-refractivity contribution < 1.29 is 14.7 Å². The molecular formula is C8H11N3O3. The Hall–Kier alpha value is -1.85. The average molecular weight is 197 g/mol. The Morgan fingerprint density at radius 3 is 2.86 bits per heavy atom. The lowest BCUT2D eigenvalue weighted by molar-refractivity contribution is -0.116. The van der Waals surface area contributed by atoms with E-state index in [1.165, 1.54) is 20.2 Å². The van der Waals surface area contributed by atoms with Crippen LogP contribution in [0.4, 0.5) is 0 Å². The number of rotatable bonds is 1. The lowest BCUT2D eigenvalue weighted by Gasteiger charge is -2.03. The van der Waals surface area contributed by atoms with Crippen LogP contribution in [-0.4, -0.2) is 28.2 Å². The smallest absolute Gasteiger partial charge is 0.261 e. The van der Waals surface area contributed by atoms with E-state index >= 15 is 0 Å². The predicted molar refractivity (Wildman–Crippen MR) is 46.9 cm³/mol. The first-order valence-corrected chi connectivity index (χ1v) is 3.93. The molecule has 0 radical (unpaired) electrons.